The van der Waals surface area contributed by atoms with Crippen molar-refractivity contribution >= 4 is 5.91 Å². The summed E-state index contributed by atoms with van der Waals surface area (Å²) in [4.78, 5) is 14.3. The fourth-order valence-electron chi connectivity index (χ4n) is 2.68. The van der Waals surface area contributed by atoms with Crippen molar-refractivity contribution in [3.63, 3.8) is 0 Å². The van der Waals surface area contributed by atoms with E-state index in [1.807, 2.05) is 13.8 Å². The molecule has 0 radical (unpaired) electrons. The van der Waals surface area contributed by atoms with Crippen molar-refractivity contribution in [2.45, 2.75) is 38.8 Å². The lowest BCUT2D eigenvalue weighted by Gasteiger charge is -2.32. The lowest BCUT2D eigenvalue weighted by Crippen LogP contribution is -2.45. The molecule has 1 amide bonds. The minimum absolute atomic E-state index is 0.104. The maximum Gasteiger partial charge on any atom is 0.254 e. The van der Waals surface area contributed by atoms with E-state index in [9.17, 15) is 18.0 Å². The second-order valence-corrected chi connectivity index (χ2v) is 6.26. The Morgan fingerprint density at radius 2 is 1.83 bits per heavy atom. The van der Waals surface area contributed by atoms with Gasteiger partial charge in [0.2, 0.25) is 0 Å². The SMILES string of the molecule is CC(C)OCCN1CCC(NC(=O)c2cc(F)c(F)cc2F)CC1. The van der Waals surface area contributed by atoms with Crippen molar-refractivity contribution in [3.8, 4) is 0 Å². The molecule has 0 aliphatic carbocycles. The number of hydrogen-bond donors (Lipinski definition) is 1. The number of hydrogen-bond acceptors (Lipinski definition) is 3. The monoisotopic (exact) mass is 344 g/mol. The number of benzene rings is 1. The average Bonchev–Trinajstić information content (AvgIpc) is 2.52. The number of nitrogens with one attached hydrogen (secondary N) is 1. The number of amides is 1. The largest absolute Gasteiger partial charge is 0.377 e. The molecule has 0 bridgehead atoms. The molecule has 1 heterocycles. The van der Waals surface area contributed by atoms with Crippen LogP contribution in [0.25, 0.3) is 0 Å². The molecule has 0 aromatic heterocycles. The van der Waals surface area contributed by atoms with Gasteiger partial charge in [-0.2, -0.15) is 0 Å². The molecule has 1 aromatic carbocycles. The first-order valence-corrected chi connectivity index (χ1v) is 8.16. The Kier molecular flexibility index (Phi) is 6.62. The van der Waals surface area contributed by atoms with Gasteiger partial charge in [0.15, 0.2) is 11.6 Å². The summed E-state index contributed by atoms with van der Waals surface area (Å²) in [5, 5.41) is 2.69. The van der Waals surface area contributed by atoms with E-state index < -0.39 is 28.9 Å². The molecule has 0 saturated carbocycles. The molecule has 1 fully saturated rings. The number of ether oxygens (including phenoxy) is 1. The highest BCUT2D eigenvalue weighted by Crippen LogP contribution is 2.16. The van der Waals surface area contributed by atoms with Gasteiger partial charge in [-0.25, -0.2) is 13.2 Å². The minimum atomic E-state index is -1.30. The Labute approximate surface area is 140 Å². The van der Waals surface area contributed by atoms with Crippen LogP contribution in [-0.4, -0.2) is 49.2 Å². The first-order chi connectivity index (χ1) is 11.4. The lowest BCUT2D eigenvalue weighted by molar-refractivity contribution is 0.0520. The molecule has 7 heteroatoms. The molecular formula is C17H23F3N2O2. The molecule has 0 atom stereocenters. The van der Waals surface area contributed by atoms with Crippen LogP contribution in [-0.2, 0) is 4.74 Å². The zero-order valence-corrected chi connectivity index (χ0v) is 13.9. The van der Waals surface area contributed by atoms with Gasteiger partial charge in [-0.3, -0.25) is 4.79 Å². The third-order valence-corrected chi connectivity index (χ3v) is 4.04. The number of piperidine rings is 1. The molecular weight excluding hydrogens is 321 g/mol. The van der Waals surface area contributed by atoms with E-state index in [1.165, 1.54) is 0 Å². The quantitative estimate of drug-likeness (QED) is 0.807. The molecule has 1 aliphatic rings. The van der Waals surface area contributed by atoms with Crippen molar-refractivity contribution in [3.05, 3.63) is 35.1 Å². The molecule has 0 spiro atoms. The summed E-state index contributed by atoms with van der Waals surface area (Å²) in [5.41, 5.74) is -0.471. The normalized spacial score (nSPS) is 16.6. The summed E-state index contributed by atoms with van der Waals surface area (Å²) in [6.45, 7) is 7.06. The molecule has 134 valence electrons. The summed E-state index contributed by atoms with van der Waals surface area (Å²) in [5.74, 6) is -4.31. The number of likely N-dealkylation sites (tertiary alicyclic amines) is 1. The van der Waals surface area contributed by atoms with Crippen LogP contribution >= 0.6 is 0 Å². The van der Waals surface area contributed by atoms with Gasteiger partial charge >= 0.3 is 0 Å². The summed E-state index contributed by atoms with van der Waals surface area (Å²) in [6.07, 6.45) is 1.64. The summed E-state index contributed by atoms with van der Waals surface area (Å²) in [7, 11) is 0. The van der Waals surface area contributed by atoms with Gasteiger partial charge in [0, 0.05) is 31.7 Å². The third-order valence-electron chi connectivity index (χ3n) is 4.04. The zero-order chi connectivity index (χ0) is 17.7. The molecule has 2 rings (SSSR count). The van der Waals surface area contributed by atoms with E-state index in [0.717, 1.165) is 32.5 Å². The molecule has 0 unspecified atom stereocenters. The minimum Gasteiger partial charge on any atom is -0.377 e. The molecule has 24 heavy (non-hydrogen) atoms. The maximum atomic E-state index is 13.6. The van der Waals surface area contributed by atoms with Gasteiger partial charge in [0.1, 0.15) is 5.82 Å². The van der Waals surface area contributed by atoms with Crippen molar-refractivity contribution in [1.29, 1.82) is 0 Å². The third kappa shape index (κ3) is 5.21. The van der Waals surface area contributed by atoms with Crippen LogP contribution in [0.2, 0.25) is 0 Å². The molecule has 4 nitrogen and oxygen atoms in total. The van der Waals surface area contributed by atoms with Crippen LogP contribution in [0.4, 0.5) is 13.2 Å². The van der Waals surface area contributed by atoms with E-state index >= 15 is 0 Å². The second kappa shape index (κ2) is 8.48. The maximum absolute atomic E-state index is 13.6. The van der Waals surface area contributed by atoms with Gasteiger partial charge in [0.05, 0.1) is 18.3 Å². The number of carbonyl (C=O) groups is 1. The van der Waals surface area contributed by atoms with Crippen LogP contribution in [0, 0.1) is 17.5 Å². The highest BCUT2D eigenvalue weighted by atomic mass is 19.2. The molecule has 1 saturated heterocycles. The van der Waals surface area contributed by atoms with Crippen molar-refractivity contribution in [2.75, 3.05) is 26.2 Å². The summed E-state index contributed by atoms with van der Waals surface area (Å²) < 4.78 is 45.2. The van der Waals surface area contributed by atoms with Crippen LogP contribution in [0.1, 0.15) is 37.0 Å². The Balaban J connectivity index is 1.81. The molecule has 1 aromatic rings. The Hall–Kier alpha value is -1.60. The van der Waals surface area contributed by atoms with E-state index in [-0.39, 0.29) is 12.1 Å². The Morgan fingerprint density at radius 1 is 1.21 bits per heavy atom. The fourth-order valence-corrected chi connectivity index (χ4v) is 2.68. The van der Waals surface area contributed by atoms with Crippen LogP contribution in [0.15, 0.2) is 12.1 Å². The number of carbonyl (C=O) groups excluding carboxylic acids is 1. The topological polar surface area (TPSA) is 41.6 Å². The van der Waals surface area contributed by atoms with Crippen molar-refractivity contribution in [1.82, 2.24) is 10.2 Å². The van der Waals surface area contributed by atoms with Gasteiger partial charge < -0.3 is 15.0 Å². The summed E-state index contributed by atoms with van der Waals surface area (Å²) in [6, 6.07) is 0.882. The predicted molar refractivity (Wildman–Crippen MR) is 84.3 cm³/mol. The van der Waals surface area contributed by atoms with Crippen molar-refractivity contribution in [2.24, 2.45) is 0 Å². The highest BCUT2D eigenvalue weighted by molar-refractivity contribution is 5.94. The van der Waals surface area contributed by atoms with Gasteiger partial charge in [-0.1, -0.05) is 0 Å². The highest BCUT2D eigenvalue weighted by Gasteiger charge is 2.23. The predicted octanol–water partition coefficient (Wildman–Crippen LogP) is 2.72. The fraction of sp³-hybridized carbons (Fsp3) is 0.588. The Bertz CT molecular complexity index is 573. The molecule has 1 N–H and O–H groups in total. The lowest BCUT2D eigenvalue weighted by atomic mass is 10.0. The van der Waals surface area contributed by atoms with Gasteiger partial charge in [0.25, 0.3) is 5.91 Å². The first kappa shape index (κ1) is 18.7. The number of halogens is 3. The second-order valence-electron chi connectivity index (χ2n) is 6.26. The van der Waals surface area contributed by atoms with E-state index in [2.05, 4.69) is 10.2 Å². The number of rotatable bonds is 6. The van der Waals surface area contributed by atoms with Gasteiger partial charge in [-0.15, -0.1) is 0 Å². The van der Waals surface area contributed by atoms with Crippen LogP contribution in [0.5, 0.6) is 0 Å². The van der Waals surface area contributed by atoms with E-state index in [4.69, 9.17) is 4.74 Å². The van der Waals surface area contributed by atoms with Crippen molar-refractivity contribution < 1.29 is 22.7 Å². The first-order valence-electron chi connectivity index (χ1n) is 8.16. The van der Waals surface area contributed by atoms with Crippen LogP contribution in [0.3, 0.4) is 0 Å². The zero-order valence-electron chi connectivity index (χ0n) is 13.9. The smallest absolute Gasteiger partial charge is 0.254 e. The Morgan fingerprint density at radius 3 is 2.46 bits per heavy atom. The standard InChI is InChI=1S/C17H23F3N2O2/c1-11(2)24-8-7-22-5-3-12(4-6-22)21-17(23)13-9-15(19)16(20)10-14(13)18/h9-12H,3-8H2,1-2H3,(H,21,23). The average molecular weight is 344 g/mol. The number of nitrogens with zero attached hydrogens (tertiary/aromatic N) is 1. The van der Waals surface area contributed by atoms with E-state index in [1.54, 1.807) is 0 Å². The van der Waals surface area contributed by atoms with Gasteiger partial charge in [-0.05, 0) is 32.8 Å². The van der Waals surface area contributed by atoms with Crippen LogP contribution < -0.4 is 5.32 Å². The summed E-state index contributed by atoms with van der Waals surface area (Å²) >= 11 is 0. The molecule has 1 aliphatic heterocycles. The van der Waals surface area contributed by atoms with E-state index in [0.29, 0.717) is 18.7 Å².